The summed E-state index contributed by atoms with van der Waals surface area (Å²) in [6, 6.07) is 1.35. The molecule has 0 amide bonds. The maximum absolute atomic E-state index is 10.7. The Morgan fingerprint density at radius 1 is 1.71 bits per heavy atom. The first-order chi connectivity index (χ1) is 6.49. The normalized spacial score (nSPS) is 10.5. The summed E-state index contributed by atoms with van der Waals surface area (Å²) in [4.78, 5) is 17.5. The van der Waals surface area contributed by atoms with Crippen LogP contribution in [-0.2, 0) is 6.42 Å². The van der Waals surface area contributed by atoms with E-state index in [0.717, 1.165) is 0 Å². The fourth-order valence-electron chi connectivity index (χ4n) is 1.11. The van der Waals surface area contributed by atoms with Crippen LogP contribution in [-0.4, -0.2) is 21.0 Å². The summed E-state index contributed by atoms with van der Waals surface area (Å²) in [6.07, 6.45) is 0.699. The third-order valence-electron chi connectivity index (χ3n) is 1.62. The van der Waals surface area contributed by atoms with E-state index in [2.05, 4.69) is 9.97 Å². The summed E-state index contributed by atoms with van der Waals surface area (Å²) in [5.74, 6) is 0.0330. The van der Waals surface area contributed by atoms with E-state index < -0.39 is 5.97 Å². The topological polar surface area (TPSA) is 66.0 Å². The lowest BCUT2D eigenvalue weighted by molar-refractivity contribution is 0.0689. The number of aromatic nitrogens is 2. The summed E-state index contributed by atoms with van der Waals surface area (Å²) in [5, 5.41) is 8.76. The first-order valence-electron chi connectivity index (χ1n) is 4.32. The molecule has 0 bridgehead atoms. The molecule has 1 aromatic rings. The lowest BCUT2D eigenvalue weighted by atomic mass is 10.1. The summed E-state index contributed by atoms with van der Waals surface area (Å²) in [5.41, 5.74) is 0.0978. The van der Waals surface area contributed by atoms with Crippen molar-refractivity contribution in [1.82, 2.24) is 9.97 Å². The molecule has 0 saturated carbocycles. The van der Waals surface area contributed by atoms with Crippen molar-refractivity contribution in [3.05, 3.63) is 22.2 Å². The van der Waals surface area contributed by atoms with Crippen LogP contribution in [0.4, 0.5) is 0 Å². The third-order valence-corrected chi connectivity index (χ3v) is 1.83. The molecule has 0 atom stereocenters. The molecule has 14 heavy (non-hydrogen) atoms. The van der Waals surface area contributed by atoms with Gasteiger partial charge in [-0.05, 0) is 5.92 Å². The van der Waals surface area contributed by atoms with Gasteiger partial charge in [0.2, 0.25) is 0 Å². The van der Waals surface area contributed by atoms with Gasteiger partial charge in [-0.15, -0.1) is 0 Å². The van der Waals surface area contributed by atoms with Crippen molar-refractivity contribution in [3.63, 3.8) is 0 Å². The first kappa shape index (κ1) is 10.8. The van der Waals surface area contributed by atoms with E-state index >= 15 is 0 Å². The van der Waals surface area contributed by atoms with Crippen LogP contribution in [0.25, 0.3) is 0 Å². The maximum atomic E-state index is 10.7. The Morgan fingerprint density at radius 3 is 2.86 bits per heavy atom. The van der Waals surface area contributed by atoms with Crippen molar-refractivity contribution in [2.45, 2.75) is 20.3 Å². The Labute approximate surface area is 87.0 Å². The minimum atomic E-state index is -1.01. The van der Waals surface area contributed by atoms with Crippen LogP contribution < -0.4 is 0 Å². The van der Waals surface area contributed by atoms with E-state index in [1.54, 1.807) is 0 Å². The fourth-order valence-corrected chi connectivity index (χ4v) is 1.33. The molecule has 0 unspecified atom stereocenters. The molecular formula is C9H12N2O2S. The van der Waals surface area contributed by atoms with Crippen molar-refractivity contribution in [2.75, 3.05) is 0 Å². The molecule has 76 valence electrons. The van der Waals surface area contributed by atoms with Gasteiger partial charge in [0, 0.05) is 12.5 Å². The molecule has 0 aliphatic heterocycles. The average Bonchev–Trinajstić information content (AvgIpc) is 2.01. The maximum Gasteiger partial charge on any atom is 0.352 e. The number of hydrogen-bond acceptors (Lipinski definition) is 3. The zero-order valence-electron chi connectivity index (χ0n) is 8.07. The second-order valence-electron chi connectivity index (χ2n) is 3.48. The zero-order valence-corrected chi connectivity index (χ0v) is 8.89. The highest BCUT2D eigenvalue weighted by molar-refractivity contribution is 7.71. The first-order valence-corrected chi connectivity index (χ1v) is 4.73. The van der Waals surface area contributed by atoms with Gasteiger partial charge in [0.15, 0.2) is 0 Å². The molecule has 5 heteroatoms. The Balaban J connectivity index is 3.07. The molecule has 0 aromatic carbocycles. The van der Waals surface area contributed by atoms with Gasteiger partial charge in [0.1, 0.15) is 16.2 Å². The van der Waals surface area contributed by atoms with Crippen LogP contribution in [0.1, 0.15) is 30.2 Å². The van der Waals surface area contributed by atoms with Crippen molar-refractivity contribution >= 4 is 18.2 Å². The summed E-state index contributed by atoms with van der Waals surface area (Å²) >= 11 is 4.86. The van der Waals surface area contributed by atoms with Crippen LogP contribution in [0.3, 0.4) is 0 Å². The molecule has 0 spiro atoms. The van der Waals surface area contributed by atoms with Gasteiger partial charge in [-0.2, -0.15) is 0 Å². The van der Waals surface area contributed by atoms with E-state index in [1.165, 1.54) is 6.07 Å². The summed E-state index contributed by atoms with van der Waals surface area (Å²) < 4.78 is 0.316. The Bertz CT molecular complexity index is 398. The van der Waals surface area contributed by atoms with Gasteiger partial charge >= 0.3 is 5.97 Å². The standard InChI is InChI=1S/C9H12N2O2S/c1-5(2)3-7-10-6(9(12)13)4-8(14)11-7/h4-5H,3H2,1-2H3,(H,12,13)(H,10,11,14). The number of carboxylic acid groups (broad SMARTS) is 1. The molecule has 0 radical (unpaired) electrons. The zero-order chi connectivity index (χ0) is 10.7. The quantitative estimate of drug-likeness (QED) is 0.752. The number of carboxylic acids is 1. The van der Waals surface area contributed by atoms with Gasteiger partial charge in [-0.25, -0.2) is 9.78 Å². The molecular weight excluding hydrogens is 200 g/mol. The molecule has 0 aliphatic carbocycles. The lowest BCUT2D eigenvalue weighted by Crippen LogP contribution is -2.07. The molecule has 1 heterocycles. The molecule has 2 N–H and O–H groups in total. The van der Waals surface area contributed by atoms with Gasteiger partial charge in [0.05, 0.1) is 0 Å². The van der Waals surface area contributed by atoms with E-state index in [9.17, 15) is 4.79 Å². The number of carbonyl (C=O) groups is 1. The number of nitrogens with zero attached hydrogens (tertiary/aromatic N) is 1. The average molecular weight is 212 g/mol. The van der Waals surface area contributed by atoms with Gasteiger partial charge < -0.3 is 10.1 Å². The SMILES string of the molecule is CC(C)Cc1nc(=S)cc(C(=O)O)[nH]1. The van der Waals surface area contributed by atoms with Crippen molar-refractivity contribution in [2.24, 2.45) is 5.92 Å². The monoisotopic (exact) mass is 212 g/mol. The highest BCUT2D eigenvalue weighted by Crippen LogP contribution is 2.04. The van der Waals surface area contributed by atoms with Crippen LogP contribution in [0.5, 0.6) is 0 Å². The summed E-state index contributed by atoms with van der Waals surface area (Å²) in [7, 11) is 0. The third kappa shape index (κ3) is 2.92. The van der Waals surface area contributed by atoms with E-state index in [4.69, 9.17) is 17.3 Å². The van der Waals surface area contributed by atoms with Crippen molar-refractivity contribution in [3.8, 4) is 0 Å². The second kappa shape index (κ2) is 4.32. The van der Waals surface area contributed by atoms with Gasteiger partial charge in [0.25, 0.3) is 0 Å². The lowest BCUT2D eigenvalue weighted by Gasteiger charge is -2.04. The molecule has 1 rings (SSSR count). The Hall–Kier alpha value is -1.23. The molecule has 0 saturated heterocycles. The minimum Gasteiger partial charge on any atom is -0.477 e. The highest BCUT2D eigenvalue weighted by Gasteiger charge is 2.06. The van der Waals surface area contributed by atoms with E-state index in [1.807, 2.05) is 13.8 Å². The van der Waals surface area contributed by atoms with Crippen LogP contribution in [0.2, 0.25) is 0 Å². The number of nitrogens with one attached hydrogen (secondary N) is 1. The van der Waals surface area contributed by atoms with Crippen molar-refractivity contribution < 1.29 is 9.90 Å². The minimum absolute atomic E-state index is 0.0978. The molecule has 4 nitrogen and oxygen atoms in total. The van der Waals surface area contributed by atoms with E-state index in [-0.39, 0.29) is 5.69 Å². The number of H-pyrrole nitrogens is 1. The molecule has 0 fully saturated rings. The van der Waals surface area contributed by atoms with Crippen LogP contribution in [0.15, 0.2) is 6.07 Å². The predicted octanol–water partition coefficient (Wildman–Crippen LogP) is 2.04. The number of rotatable bonds is 3. The molecule has 0 aliphatic rings. The number of hydrogen-bond donors (Lipinski definition) is 2. The highest BCUT2D eigenvalue weighted by atomic mass is 32.1. The summed E-state index contributed by atoms with van der Waals surface area (Å²) in [6.45, 7) is 4.07. The fraction of sp³-hybridized carbons (Fsp3) is 0.444. The largest absolute Gasteiger partial charge is 0.477 e. The number of aromatic amines is 1. The second-order valence-corrected chi connectivity index (χ2v) is 3.90. The Morgan fingerprint density at radius 2 is 2.36 bits per heavy atom. The van der Waals surface area contributed by atoms with Crippen LogP contribution in [0, 0.1) is 10.6 Å². The van der Waals surface area contributed by atoms with Crippen molar-refractivity contribution in [1.29, 1.82) is 0 Å². The smallest absolute Gasteiger partial charge is 0.352 e. The molecule has 1 aromatic heterocycles. The van der Waals surface area contributed by atoms with Gasteiger partial charge in [-0.3, -0.25) is 0 Å². The van der Waals surface area contributed by atoms with Gasteiger partial charge in [-0.1, -0.05) is 26.1 Å². The van der Waals surface area contributed by atoms with E-state index in [0.29, 0.717) is 22.8 Å². The van der Waals surface area contributed by atoms with Crippen LogP contribution >= 0.6 is 12.2 Å². The number of aromatic carboxylic acids is 1. The predicted molar refractivity (Wildman–Crippen MR) is 54.9 cm³/mol. The Kier molecular flexibility index (Phi) is 3.35.